The van der Waals surface area contributed by atoms with Gasteiger partial charge in [0.2, 0.25) is 0 Å². The first kappa shape index (κ1) is 8.78. The van der Waals surface area contributed by atoms with E-state index in [1.807, 2.05) is 0 Å². The molecule has 0 fully saturated rings. The lowest BCUT2D eigenvalue weighted by atomic mass is 9.99. The Morgan fingerprint density at radius 2 is 2.33 bits per heavy atom. The highest BCUT2D eigenvalue weighted by Gasteiger charge is 2.08. The number of aromatic nitrogens is 2. The maximum Gasteiger partial charge on any atom is 0.0678 e. The van der Waals surface area contributed by atoms with E-state index in [0.29, 0.717) is 5.92 Å². The van der Waals surface area contributed by atoms with E-state index in [0.717, 1.165) is 16.8 Å². The van der Waals surface area contributed by atoms with Crippen LogP contribution in [0.4, 0.5) is 0 Å². The predicted molar refractivity (Wildman–Crippen MR) is 52.6 cm³/mol. The average Bonchev–Trinajstić information content (AvgIpc) is 2.49. The van der Waals surface area contributed by atoms with Crippen molar-refractivity contribution in [3.05, 3.63) is 30.6 Å². The molecule has 0 aromatic carbocycles. The van der Waals surface area contributed by atoms with Crippen LogP contribution in [0.25, 0.3) is 11.6 Å². The fourth-order valence-corrected chi connectivity index (χ4v) is 0.996. The summed E-state index contributed by atoms with van der Waals surface area (Å²) in [5, 5.41) is 6.86. The first-order valence-corrected chi connectivity index (χ1v) is 4.01. The van der Waals surface area contributed by atoms with Crippen molar-refractivity contribution in [2.24, 2.45) is 5.92 Å². The van der Waals surface area contributed by atoms with Gasteiger partial charge in [0.05, 0.1) is 11.9 Å². The number of rotatable bonds is 3. The predicted octanol–water partition coefficient (Wildman–Crippen LogP) is 2.72. The molecule has 0 aliphatic rings. The van der Waals surface area contributed by atoms with Crippen LogP contribution in [0.3, 0.4) is 0 Å². The molecule has 1 aromatic rings. The van der Waals surface area contributed by atoms with Crippen LogP contribution in [0.5, 0.6) is 0 Å². The molecule has 0 spiro atoms. The molecule has 0 amide bonds. The quantitative estimate of drug-likeness (QED) is 0.727. The first-order chi connectivity index (χ1) is 5.66. The molecule has 1 rings (SSSR count). The molecular formula is C10H14N2. The molecular weight excluding hydrogens is 148 g/mol. The van der Waals surface area contributed by atoms with Crippen molar-refractivity contribution in [3.8, 4) is 0 Å². The molecule has 0 atom stereocenters. The summed E-state index contributed by atoms with van der Waals surface area (Å²) in [5.74, 6) is 0.434. The van der Waals surface area contributed by atoms with Crippen LogP contribution in [0, 0.1) is 5.92 Å². The number of H-pyrrole nitrogens is 1. The Balaban J connectivity index is 3.01. The van der Waals surface area contributed by atoms with Crippen molar-refractivity contribution in [2.75, 3.05) is 0 Å². The van der Waals surface area contributed by atoms with Gasteiger partial charge in [0.1, 0.15) is 0 Å². The van der Waals surface area contributed by atoms with Gasteiger partial charge in [-0.05, 0) is 11.5 Å². The SMILES string of the molecule is C=Cc1cn[nH]c1C(=C)C(C)C. The van der Waals surface area contributed by atoms with Gasteiger partial charge in [-0.15, -0.1) is 0 Å². The molecule has 0 saturated heterocycles. The summed E-state index contributed by atoms with van der Waals surface area (Å²) in [5.41, 5.74) is 3.09. The number of hydrogen-bond acceptors (Lipinski definition) is 1. The molecule has 0 aliphatic heterocycles. The second-order valence-electron chi connectivity index (χ2n) is 3.08. The van der Waals surface area contributed by atoms with E-state index in [-0.39, 0.29) is 0 Å². The van der Waals surface area contributed by atoms with E-state index in [2.05, 4.69) is 37.2 Å². The van der Waals surface area contributed by atoms with Crippen LogP contribution in [0.15, 0.2) is 19.4 Å². The fraction of sp³-hybridized carbons (Fsp3) is 0.300. The third-order valence-electron chi connectivity index (χ3n) is 1.91. The third kappa shape index (κ3) is 1.47. The molecule has 0 aliphatic carbocycles. The van der Waals surface area contributed by atoms with E-state index >= 15 is 0 Å². The molecule has 0 radical (unpaired) electrons. The Morgan fingerprint density at radius 1 is 1.67 bits per heavy atom. The van der Waals surface area contributed by atoms with Crippen molar-refractivity contribution in [1.82, 2.24) is 10.2 Å². The molecule has 1 aromatic heterocycles. The van der Waals surface area contributed by atoms with Gasteiger partial charge in [-0.25, -0.2) is 0 Å². The Morgan fingerprint density at radius 3 is 2.83 bits per heavy atom. The van der Waals surface area contributed by atoms with Crippen LogP contribution in [-0.2, 0) is 0 Å². The molecule has 2 heteroatoms. The van der Waals surface area contributed by atoms with E-state index < -0.39 is 0 Å². The van der Waals surface area contributed by atoms with Crippen molar-refractivity contribution < 1.29 is 0 Å². The van der Waals surface area contributed by atoms with Crippen LogP contribution in [0.1, 0.15) is 25.1 Å². The second kappa shape index (κ2) is 3.39. The highest BCUT2D eigenvalue weighted by atomic mass is 15.1. The van der Waals surface area contributed by atoms with Gasteiger partial charge in [0, 0.05) is 5.56 Å². The zero-order chi connectivity index (χ0) is 9.14. The minimum Gasteiger partial charge on any atom is -0.278 e. The van der Waals surface area contributed by atoms with Crippen LogP contribution < -0.4 is 0 Å². The van der Waals surface area contributed by atoms with E-state index in [4.69, 9.17) is 0 Å². The molecule has 1 N–H and O–H groups in total. The summed E-state index contributed by atoms with van der Waals surface area (Å²) in [4.78, 5) is 0. The highest BCUT2D eigenvalue weighted by Crippen LogP contribution is 2.22. The summed E-state index contributed by atoms with van der Waals surface area (Å²) in [6.45, 7) is 11.9. The number of hydrogen-bond donors (Lipinski definition) is 1. The normalized spacial score (nSPS) is 10.2. The van der Waals surface area contributed by atoms with Crippen molar-refractivity contribution in [2.45, 2.75) is 13.8 Å². The van der Waals surface area contributed by atoms with E-state index in [1.54, 1.807) is 12.3 Å². The van der Waals surface area contributed by atoms with E-state index in [9.17, 15) is 0 Å². The number of nitrogens with zero attached hydrogens (tertiary/aromatic N) is 1. The van der Waals surface area contributed by atoms with Gasteiger partial charge < -0.3 is 0 Å². The van der Waals surface area contributed by atoms with Gasteiger partial charge in [-0.3, -0.25) is 5.10 Å². The van der Waals surface area contributed by atoms with Crippen LogP contribution >= 0.6 is 0 Å². The van der Waals surface area contributed by atoms with Gasteiger partial charge in [0.15, 0.2) is 0 Å². The van der Waals surface area contributed by atoms with Crippen molar-refractivity contribution >= 4 is 11.6 Å². The summed E-state index contributed by atoms with van der Waals surface area (Å²) < 4.78 is 0. The monoisotopic (exact) mass is 162 g/mol. The molecule has 0 bridgehead atoms. The zero-order valence-electron chi connectivity index (χ0n) is 7.59. The lowest BCUT2D eigenvalue weighted by Crippen LogP contribution is -1.93. The van der Waals surface area contributed by atoms with Gasteiger partial charge in [0.25, 0.3) is 0 Å². The number of allylic oxidation sites excluding steroid dienone is 1. The third-order valence-corrected chi connectivity index (χ3v) is 1.91. The first-order valence-electron chi connectivity index (χ1n) is 4.01. The summed E-state index contributed by atoms with van der Waals surface area (Å²) >= 11 is 0. The largest absolute Gasteiger partial charge is 0.278 e. The highest BCUT2D eigenvalue weighted by molar-refractivity contribution is 5.70. The summed E-state index contributed by atoms with van der Waals surface area (Å²) in [6.07, 6.45) is 3.54. The zero-order valence-corrected chi connectivity index (χ0v) is 7.59. The van der Waals surface area contributed by atoms with E-state index in [1.165, 1.54) is 0 Å². The molecule has 64 valence electrons. The van der Waals surface area contributed by atoms with Crippen molar-refractivity contribution in [1.29, 1.82) is 0 Å². The molecule has 2 nitrogen and oxygen atoms in total. The fourth-order valence-electron chi connectivity index (χ4n) is 0.996. The minimum absolute atomic E-state index is 0.434. The Bertz CT molecular complexity index is 295. The van der Waals surface area contributed by atoms with Crippen LogP contribution in [-0.4, -0.2) is 10.2 Å². The standard InChI is InChI=1S/C10H14N2/c1-5-9-6-11-12-10(9)8(4)7(2)3/h5-7H,1,4H2,2-3H3,(H,11,12). The number of nitrogens with one attached hydrogen (secondary N) is 1. The molecule has 12 heavy (non-hydrogen) atoms. The Hall–Kier alpha value is -1.31. The molecule has 0 unspecified atom stereocenters. The minimum atomic E-state index is 0.434. The van der Waals surface area contributed by atoms with Crippen molar-refractivity contribution in [3.63, 3.8) is 0 Å². The maximum atomic E-state index is 3.99. The summed E-state index contributed by atoms with van der Waals surface area (Å²) in [6, 6.07) is 0. The van der Waals surface area contributed by atoms with Crippen LogP contribution in [0.2, 0.25) is 0 Å². The topological polar surface area (TPSA) is 28.7 Å². The average molecular weight is 162 g/mol. The molecule has 1 heterocycles. The Labute approximate surface area is 73.0 Å². The lowest BCUT2D eigenvalue weighted by molar-refractivity contribution is 0.848. The lowest BCUT2D eigenvalue weighted by Gasteiger charge is -2.07. The maximum absolute atomic E-state index is 3.99. The van der Waals surface area contributed by atoms with Gasteiger partial charge in [-0.1, -0.05) is 33.1 Å². The molecule has 0 saturated carbocycles. The number of aromatic amines is 1. The van der Waals surface area contributed by atoms with Gasteiger partial charge in [-0.2, -0.15) is 5.10 Å². The summed E-state index contributed by atoms with van der Waals surface area (Å²) in [7, 11) is 0. The Kier molecular flexibility index (Phi) is 2.48. The smallest absolute Gasteiger partial charge is 0.0678 e. The second-order valence-corrected chi connectivity index (χ2v) is 3.08. The van der Waals surface area contributed by atoms with Gasteiger partial charge >= 0.3 is 0 Å².